The van der Waals surface area contributed by atoms with Crippen molar-refractivity contribution in [3.8, 4) is 0 Å². The highest BCUT2D eigenvalue weighted by atomic mass is 32.1. The highest BCUT2D eigenvalue weighted by Crippen LogP contribution is 2.18. The quantitative estimate of drug-likeness (QED) is 0.704. The van der Waals surface area contributed by atoms with E-state index in [1.54, 1.807) is 11.3 Å². The molecule has 0 aliphatic heterocycles. The average molecular weight is 255 g/mol. The topological polar surface area (TPSA) is 32.3 Å². The highest BCUT2D eigenvalue weighted by molar-refractivity contribution is 7.10. The van der Waals surface area contributed by atoms with E-state index in [-0.39, 0.29) is 6.10 Å². The van der Waals surface area contributed by atoms with Gasteiger partial charge in [-0.1, -0.05) is 39.2 Å². The van der Waals surface area contributed by atoms with E-state index in [0.29, 0.717) is 12.6 Å². The molecule has 1 aromatic rings. The minimum atomic E-state index is -0.351. The van der Waals surface area contributed by atoms with Crippen molar-refractivity contribution < 1.29 is 5.11 Å². The van der Waals surface area contributed by atoms with Crippen LogP contribution in [0.15, 0.2) is 17.5 Å². The van der Waals surface area contributed by atoms with Crippen LogP contribution in [0.1, 0.15) is 56.9 Å². The Kier molecular flexibility index (Phi) is 7.49. The number of aliphatic hydroxyl groups is 1. The molecular weight excluding hydrogens is 230 g/mol. The van der Waals surface area contributed by atoms with Gasteiger partial charge in [-0.3, -0.25) is 0 Å². The lowest BCUT2D eigenvalue weighted by atomic mass is 10.0. The summed E-state index contributed by atoms with van der Waals surface area (Å²) in [5, 5.41) is 15.5. The Morgan fingerprint density at radius 2 is 2.12 bits per heavy atom. The maximum atomic E-state index is 10.00. The number of unbranched alkanes of at least 4 members (excludes halogenated alkanes) is 1. The fourth-order valence-corrected chi connectivity index (χ4v) is 2.72. The van der Waals surface area contributed by atoms with Crippen molar-refractivity contribution in [2.45, 2.75) is 58.1 Å². The van der Waals surface area contributed by atoms with Gasteiger partial charge in [0.1, 0.15) is 6.10 Å². The summed E-state index contributed by atoms with van der Waals surface area (Å²) >= 11 is 1.62. The standard InChI is InChI=1S/C14H25NOS/c1-3-5-8-12(7-4-2)15-11-13(16)14-9-6-10-17-14/h6,9-10,12-13,15-16H,3-5,7-8,11H2,1-2H3. The molecule has 0 amide bonds. The van der Waals surface area contributed by atoms with E-state index < -0.39 is 0 Å². The first kappa shape index (κ1) is 14.7. The molecule has 2 atom stereocenters. The van der Waals surface area contributed by atoms with Crippen LogP contribution < -0.4 is 5.32 Å². The molecular formula is C14H25NOS. The molecule has 98 valence electrons. The third kappa shape index (κ3) is 5.66. The molecule has 2 N–H and O–H groups in total. The summed E-state index contributed by atoms with van der Waals surface area (Å²) in [6.07, 6.45) is 5.80. The van der Waals surface area contributed by atoms with Crippen molar-refractivity contribution in [2.75, 3.05) is 6.54 Å². The third-order valence-electron chi connectivity index (χ3n) is 3.01. The Morgan fingerprint density at radius 1 is 1.29 bits per heavy atom. The number of nitrogens with one attached hydrogen (secondary N) is 1. The fraction of sp³-hybridized carbons (Fsp3) is 0.714. The van der Waals surface area contributed by atoms with Crippen LogP contribution in [0.5, 0.6) is 0 Å². The molecule has 0 bridgehead atoms. The van der Waals surface area contributed by atoms with Crippen LogP contribution in [-0.4, -0.2) is 17.7 Å². The number of hydrogen-bond acceptors (Lipinski definition) is 3. The summed E-state index contributed by atoms with van der Waals surface area (Å²) in [5.74, 6) is 0. The normalized spacial score (nSPS) is 14.8. The van der Waals surface area contributed by atoms with Crippen LogP contribution in [0.25, 0.3) is 0 Å². The molecule has 17 heavy (non-hydrogen) atoms. The van der Waals surface area contributed by atoms with Gasteiger partial charge in [0, 0.05) is 17.5 Å². The minimum Gasteiger partial charge on any atom is -0.386 e. The molecule has 0 radical (unpaired) electrons. The molecule has 0 fully saturated rings. The van der Waals surface area contributed by atoms with Crippen molar-refractivity contribution in [2.24, 2.45) is 0 Å². The Morgan fingerprint density at radius 3 is 2.71 bits per heavy atom. The summed E-state index contributed by atoms with van der Waals surface area (Å²) < 4.78 is 0. The Bertz CT molecular complexity index is 274. The first-order valence-electron chi connectivity index (χ1n) is 6.72. The van der Waals surface area contributed by atoms with Crippen molar-refractivity contribution in [1.29, 1.82) is 0 Å². The van der Waals surface area contributed by atoms with Crippen molar-refractivity contribution >= 4 is 11.3 Å². The van der Waals surface area contributed by atoms with E-state index in [9.17, 15) is 5.11 Å². The van der Waals surface area contributed by atoms with Gasteiger partial charge in [0.15, 0.2) is 0 Å². The molecule has 0 spiro atoms. The smallest absolute Gasteiger partial charge is 0.101 e. The van der Waals surface area contributed by atoms with Gasteiger partial charge in [-0.05, 0) is 24.3 Å². The van der Waals surface area contributed by atoms with Gasteiger partial charge < -0.3 is 10.4 Å². The van der Waals surface area contributed by atoms with E-state index >= 15 is 0 Å². The van der Waals surface area contributed by atoms with Gasteiger partial charge in [-0.2, -0.15) is 0 Å². The first-order chi connectivity index (χ1) is 8.27. The summed E-state index contributed by atoms with van der Waals surface area (Å²) in [7, 11) is 0. The second-order valence-corrected chi connectivity index (χ2v) is 5.55. The molecule has 1 rings (SSSR count). The van der Waals surface area contributed by atoms with Crippen LogP contribution in [-0.2, 0) is 0 Å². The summed E-state index contributed by atoms with van der Waals surface area (Å²) in [5.41, 5.74) is 0. The zero-order valence-corrected chi connectivity index (χ0v) is 11.8. The Labute approximate surface area is 109 Å². The molecule has 3 heteroatoms. The van der Waals surface area contributed by atoms with Crippen molar-refractivity contribution in [3.63, 3.8) is 0 Å². The molecule has 0 aliphatic carbocycles. The largest absolute Gasteiger partial charge is 0.386 e. The van der Waals surface area contributed by atoms with E-state index in [4.69, 9.17) is 0 Å². The summed E-state index contributed by atoms with van der Waals surface area (Å²) in [4.78, 5) is 1.06. The summed E-state index contributed by atoms with van der Waals surface area (Å²) in [6.45, 7) is 5.12. The molecule has 0 aromatic carbocycles. The zero-order chi connectivity index (χ0) is 12.5. The number of aliphatic hydroxyl groups excluding tert-OH is 1. The Hall–Kier alpha value is -0.380. The first-order valence-corrected chi connectivity index (χ1v) is 7.60. The summed E-state index contributed by atoms with van der Waals surface area (Å²) in [6, 6.07) is 4.55. The van der Waals surface area contributed by atoms with Gasteiger partial charge in [-0.15, -0.1) is 11.3 Å². The van der Waals surface area contributed by atoms with Crippen molar-refractivity contribution in [3.05, 3.63) is 22.4 Å². The lowest BCUT2D eigenvalue weighted by molar-refractivity contribution is 0.171. The number of hydrogen-bond donors (Lipinski definition) is 2. The monoisotopic (exact) mass is 255 g/mol. The number of thiophene rings is 1. The second kappa shape index (κ2) is 8.67. The van der Waals surface area contributed by atoms with Gasteiger partial charge in [0.05, 0.1) is 0 Å². The average Bonchev–Trinajstić information content (AvgIpc) is 2.86. The van der Waals surface area contributed by atoms with Crippen LogP contribution in [0.4, 0.5) is 0 Å². The lowest BCUT2D eigenvalue weighted by Gasteiger charge is -2.19. The molecule has 1 heterocycles. The maximum absolute atomic E-state index is 10.00. The van der Waals surface area contributed by atoms with Gasteiger partial charge >= 0.3 is 0 Å². The number of rotatable bonds is 9. The maximum Gasteiger partial charge on any atom is 0.101 e. The molecule has 0 saturated carbocycles. The predicted molar refractivity (Wildman–Crippen MR) is 75.5 cm³/mol. The van der Waals surface area contributed by atoms with E-state index in [1.165, 1.54) is 32.1 Å². The van der Waals surface area contributed by atoms with Gasteiger partial charge in [0.25, 0.3) is 0 Å². The molecule has 2 unspecified atom stereocenters. The second-order valence-electron chi connectivity index (χ2n) is 4.57. The SMILES string of the molecule is CCCCC(CCC)NCC(O)c1cccs1. The van der Waals surface area contributed by atoms with Crippen LogP contribution in [0, 0.1) is 0 Å². The molecule has 2 nitrogen and oxygen atoms in total. The third-order valence-corrected chi connectivity index (χ3v) is 3.99. The van der Waals surface area contributed by atoms with E-state index in [1.807, 2.05) is 17.5 Å². The molecule has 0 saturated heterocycles. The van der Waals surface area contributed by atoms with Crippen molar-refractivity contribution in [1.82, 2.24) is 5.32 Å². The Balaban J connectivity index is 2.30. The van der Waals surface area contributed by atoms with Gasteiger partial charge in [0.2, 0.25) is 0 Å². The van der Waals surface area contributed by atoms with E-state index in [0.717, 1.165) is 4.88 Å². The fourth-order valence-electron chi connectivity index (χ4n) is 2.01. The highest BCUT2D eigenvalue weighted by Gasteiger charge is 2.12. The lowest BCUT2D eigenvalue weighted by Crippen LogP contribution is -2.32. The molecule has 0 aliphatic rings. The molecule has 1 aromatic heterocycles. The predicted octanol–water partition coefficient (Wildman–Crippen LogP) is 3.73. The van der Waals surface area contributed by atoms with E-state index in [2.05, 4.69) is 19.2 Å². The minimum absolute atomic E-state index is 0.351. The van der Waals surface area contributed by atoms with Gasteiger partial charge in [-0.25, -0.2) is 0 Å². The van der Waals surface area contributed by atoms with Crippen LogP contribution in [0.2, 0.25) is 0 Å². The zero-order valence-electron chi connectivity index (χ0n) is 11.0. The van der Waals surface area contributed by atoms with Crippen LogP contribution >= 0.6 is 11.3 Å². The van der Waals surface area contributed by atoms with Crippen LogP contribution in [0.3, 0.4) is 0 Å².